The van der Waals surface area contributed by atoms with Crippen molar-refractivity contribution >= 4 is 23.7 Å². The number of nitrogens with zero attached hydrogens (tertiary/aromatic N) is 5. The smallest absolute Gasteiger partial charge is 0.418 e. The third-order valence-electron chi connectivity index (χ3n) is 3.75. The van der Waals surface area contributed by atoms with Crippen LogP contribution in [0.5, 0.6) is 0 Å². The number of non-ortho nitro benzene ring substituents is 1. The van der Waals surface area contributed by atoms with Crippen LogP contribution in [0.15, 0.2) is 36.9 Å². The van der Waals surface area contributed by atoms with Crippen LogP contribution >= 0.6 is 0 Å². The zero-order chi connectivity index (χ0) is 22.5. The predicted molar refractivity (Wildman–Crippen MR) is 101 cm³/mol. The van der Waals surface area contributed by atoms with Crippen LogP contribution in [0.2, 0.25) is 0 Å². The Bertz CT molecular complexity index is 919. The zero-order valence-electron chi connectivity index (χ0n) is 16.8. The number of esters is 1. The molecule has 0 saturated carbocycles. The van der Waals surface area contributed by atoms with Crippen molar-refractivity contribution in [1.29, 1.82) is 0 Å². The van der Waals surface area contributed by atoms with E-state index in [2.05, 4.69) is 10.1 Å². The molecule has 1 aromatic carbocycles. The summed E-state index contributed by atoms with van der Waals surface area (Å²) in [6.45, 7) is 4.57. The van der Waals surface area contributed by atoms with Crippen molar-refractivity contribution in [2.24, 2.45) is 0 Å². The Hall–Kier alpha value is -3.83. The van der Waals surface area contributed by atoms with Gasteiger partial charge in [-0.05, 0) is 32.9 Å². The average molecular weight is 419 g/mol. The maximum Gasteiger partial charge on any atom is 0.418 e. The molecule has 12 heteroatoms. The minimum atomic E-state index is -1.42. The van der Waals surface area contributed by atoms with Gasteiger partial charge in [-0.25, -0.2) is 19.5 Å². The molecule has 0 saturated heterocycles. The first-order valence-corrected chi connectivity index (χ1v) is 8.74. The molecule has 2 aromatic rings. The second-order valence-corrected chi connectivity index (χ2v) is 7.12. The maximum atomic E-state index is 13.1. The summed E-state index contributed by atoms with van der Waals surface area (Å²) in [5.41, 5.74) is -1.25. The topological polar surface area (TPSA) is 147 Å². The third kappa shape index (κ3) is 5.59. The molecular formula is C18H21N5O7. The standard InChI is InChI=1S/C18H21N5O7/c1-18(2,3)30-17(26)22(14(16(25)29-4)9-21-11-19-10-20-21)15(24)12-5-7-13(8-6-12)23(27)28/h5-8,10-11,14H,9H2,1-4H3. The Kier molecular flexibility index (Phi) is 6.82. The van der Waals surface area contributed by atoms with Crippen molar-refractivity contribution in [2.75, 3.05) is 7.11 Å². The molecule has 0 radical (unpaired) electrons. The molecule has 30 heavy (non-hydrogen) atoms. The lowest BCUT2D eigenvalue weighted by atomic mass is 10.1. The summed E-state index contributed by atoms with van der Waals surface area (Å²) in [4.78, 5) is 53.1. The number of benzene rings is 1. The summed E-state index contributed by atoms with van der Waals surface area (Å²) in [6.07, 6.45) is 1.45. The SMILES string of the molecule is COC(=O)C(Cn1cncn1)N(C(=O)OC(C)(C)C)C(=O)c1ccc([N+](=O)[O-])cc1. The van der Waals surface area contributed by atoms with Gasteiger partial charge in [0.25, 0.3) is 11.6 Å². The molecule has 1 atom stereocenters. The fraction of sp³-hybridized carbons (Fsp3) is 0.389. The molecule has 1 heterocycles. The monoisotopic (exact) mass is 419 g/mol. The van der Waals surface area contributed by atoms with Gasteiger partial charge in [-0.3, -0.25) is 19.6 Å². The van der Waals surface area contributed by atoms with E-state index in [-0.39, 0.29) is 17.8 Å². The fourth-order valence-electron chi connectivity index (χ4n) is 2.43. The van der Waals surface area contributed by atoms with E-state index in [4.69, 9.17) is 9.47 Å². The van der Waals surface area contributed by atoms with Crippen LogP contribution < -0.4 is 0 Å². The van der Waals surface area contributed by atoms with E-state index < -0.39 is 34.5 Å². The van der Waals surface area contributed by atoms with Crippen molar-refractivity contribution in [1.82, 2.24) is 19.7 Å². The van der Waals surface area contributed by atoms with Gasteiger partial charge in [0.05, 0.1) is 18.6 Å². The lowest BCUT2D eigenvalue weighted by molar-refractivity contribution is -0.384. The number of nitro benzene ring substituents is 1. The van der Waals surface area contributed by atoms with Gasteiger partial charge in [-0.2, -0.15) is 5.10 Å². The van der Waals surface area contributed by atoms with E-state index in [9.17, 15) is 24.5 Å². The number of carbonyl (C=O) groups is 3. The number of imide groups is 1. The second kappa shape index (κ2) is 9.11. The first kappa shape index (κ1) is 22.5. The molecule has 2 amide bonds. The van der Waals surface area contributed by atoms with Gasteiger partial charge in [0.1, 0.15) is 18.3 Å². The van der Waals surface area contributed by atoms with Gasteiger partial charge in [0.2, 0.25) is 0 Å². The zero-order valence-corrected chi connectivity index (χ0v) is 16.8. The van der Waals surface area contributed by atoms with E-state index in [0.29, 0.717) is 4.90 Å². The van der Waals surface area contributed by atoms with Crippen LogP contribution in [0.3, 0.4) is 0 Å². The number of carbonyl (C=O) groups excluding carboxylic acids is 3. The number of hydrogen-bond donors (Lipinski definition) is 0. The van der Waals surface area contributed by atoms with Crippen molar-refractivity contribution in [3.8, 4) is 0 Å². The Balaban J connectivity index is 2.47. The predicted octanol–water partition coefficient (Wildman–Crippen LogP) is 1.81. The summed E-state index contributed by atoms with van der Waals surface area (Å²) in [5.74, 6) is -1.78. The number of ether oxygens (including phenoxy) is 2. The minimum Gasteiger partial charge on any atom is -0.467 e. The molecule has 0 bridgehead atoms. The molecule has 0 N–H and O–H groups in total. The van der Waals surface area contributed by atoms with Crippen molar-refractivity contribution in [3.05, 3.63) is 52.6 Å². The molecule has 160 valence electrons. The van der Waals surface area contributed by atoms with Gasteiger partial charge in [-0.15, -0.1) is 0 Å². The summed E-state index contributed by atoms with van der Waals surface area (Å²) in [6, 6.07) is 3.17. The number of nitro groups is 1. The highest BCUT2D eigenvalue weighted by atomic mass is 16.6. The minimum absolute atomic E-state index is 0.0565. The molecule has 0 aliphatic heterocycles. The first-order valence-electron chi connectivity index (χ1n) is 8.74. The molecule has 2 rings (SSSR count). The van der Waals surface area contributed by atoms with Gasteiger partial charge in [0.15, 0.2) is 6.04 Å². The summed E-state index contributed by atoms with van der Waals surface area (Å²) < 4.78 is 11.3. The Morgan fingerprint density at radius 1 is 1.23 bits per heavy atom. The summed E-state index contributed by atoms with van der Waals surface area (Å²) >= 11 is 0. The first-order chi connectivity index (χ1) is 14.0. The average Bonchev–Trinajstić information content (AvgIpc) is 3.18. The van der Waals surface area contributed by atoms with E-state index in [1.54, 1.807) is 20.8 Å². The van der Waals surface area contributed by atoms with E-state index >= 15 is 0 Å². The van der Waals surface area contributed by atoms with Crippen LogP contribution in [0.25, 0.3) is 0 Å². The lowest BCUT2D eigenvalue weighted by Gasteiger charge is -2.30. The van der Waals surface area contributed by atoms with Crippen LogP contribution in [-0.4, -0.2) is 61.3 Å². The van der Waals surface area contributed by atoms with E-state index in [0.717, 1.165) is 19.2 Å². The quantitative estimate of drug-likeness (QED) is 0.388. The van der Waals surface area contributed by atoms with Gasteiger partial charge >= 0.3 is 12.1 Å². The molecule has 0 aliphatic carbocycles. The van der Waals surface area contributed by atoms with Crippen molar-refractivity contribution < 1.29 is 28.8 Å². The largest absolute Gasteiger partial charge is 0.467 e. The summed E-state index contributed by atoms with van der Waals surface area (Å²) in [7, 11) is 1.11. The van der Waals surface area contributed by atoms with Crippen molar-refractivity contribution in [3.63, 3.8) is 0 Å². The molecule has 1 unspecified atom stereocenters. The molecule has 0 aliphatic rings. The van der Waals surface area contributed by atoms with Crippen LogP contribution in [0.4, 0.5) is 10.5 Å². The van der Waals surface area contributed by atoms with E-state index in [1.165, 1.54) is 29.5 Å². The highest BCUT2D eigenvalue weighted by molar-refractivity contribution is 6.05. The molecule has 12 nitrogen and oxygen atoms in total. The van der Waals surface area contributed by atoms with Crippen LogP contribution in [0, 0.1) is 10.1 Å². The lowest BCUT2D eigenvalue weighted by Crippen LogP contribution is -2.52. The second-order valence-electron chi connectivity index (χ2n) is 7.12. The maximum absolute atomic E-state index is 13.1. The van der Waals surface area contributed by atoms with Crippen molar-refractivity contribution in [2.45, 2.75) is 39.0 Å². The number of methoxy groups -OCH3 is 1. The summed E-state index contributed by atoms with van der Waals surface area (Å²) in [5, 5.41) is 14.7. The third-order valence-corrected chi connectivity index (χ3v) is 3.75. The number of rotatable bonds is 6. The molecular weight excluding hydrogens is 398 g/mol. The fourth-order valence-corrected chi connectivity index (χ4v) is 2.43. The highest BCUT2D eigenvalue weighted by Gasteiger charge is 2.39. The number of amides is 2. The molecule has 1 aromatic heterocycles. The highest BCUT2D eigenvalue weighted by Crippen LogP contribution is 2.19. The number of hydrogen-bond acceptors (Lipinski definition) is 9. The normalized spacial score (nSPS) is 12.0. The Morgan fingerprint density at radius 2 is 1.87 bits per heavy atom. The molecule has 0 fully saturated rings. The Labute approximate surface area is 171 Å². The Morgan fingerprint density at radius 3 is 2.33 bits per heavy atom. The van der Waals surface area contributed by atoms with Crippen LogP contribution in [0.1, 0.15) is 31.1 Å². The van der Waals surface area contributed by atoms with Gasteiger partial charge in [0, 0.05) is 17.7 Å². The number of aromatic nitrogens is 3. The van der Waals surface area contributed by atoms with Gasteiger partial charge in [-0.1, -0.05) is 0 Å². The molecule has 0 spiro atoms. The van der Waals surface area contributed by atoms with Crippen LogP contribution in [-0.2, 0) is 20.8 Å². The van der Waals surface area contributed by atoms with E-state index in [1.807, 2.05) is 0 Å². The van der Waals surface area contributed by atoms with Gasteiger partial charge < -0.3 is 9.47 Å².